The molecule has 0 aliphatic carbocycles. The predicted octanol–water partition coefficient (Wildman–Crippen LogP) is 3.20. The second kappa shape index (κ2) is 8.62. The van der Waals surface area contributed by atoms with Crippen LogP contribution in [0.25, 0.3) is 6.08 Å². The Morgan fingerprint density at radius 1 is 1.27 bits per heavy atom. The van der Waals surface area contributed by atoms with Gasteiger partial charge in [0, 0.05) is 30.6 Å². The summed E-state index contributed by atoms with van der Waals surface area (Å²) in [5.41, 5.74) is 1.86. The Balaban J connectivity index is 1.92. The van der Waals surface area contributed by atoms with E-state index in [2.05, 4.69) is 17.2 Å². The van der Waals surface area contributed by atoms with Gasteiger partial charge in [-0.1, -0.05) is 31.2 Å². The number of hydrogen-bond acceptors (Lipinski definition) is 3. The number of nitrogens with zero attached hydrogens (tertiary/aromatic N) is 1. The third-order valence-electron chi connectivity index (χ3n) is 2.98. The van der Waals surface area contributed by atoms with E-state index in [0.717, 1.165) is 23.3 Å². The van der Waals surface area contributed by atoms with Gasteiger partial charge in [-0.15, -0.1) is 0 Å². The molecule has 1 heterocycles. The van der Waals surface area contributed by atoms with Gasteiger partial charge in [0.15, 0.2) is 0 Å². The van der Waals surface area contributed by atoms with Gasteiger partial charge in [-0.05, 0) is 30.2 Å². The van der Waals surface area contributed by atoms with Gasteiger partial charge in [-0.2, -0.15) is 0 Å². The van der Waals surface area contributed by atoms with Crippen LogP contribution < -0.4 is 10.1 Å². The van der Waals surface area contributed by atoms with Crippen LogP contribution in [0.4, 0.5) is 0 Å². The van der Waals surface area contributed by atoms with E-state index in [9.17, 15) is 4.79 Å². The van der Waals surface area contributed by atoms with Crippen LogP contribution in [0.5, 0.6) is 5.75 Å². The lowest BCUT2D eigenvalue weighted by atomic mass is 10.2. The summed E-state index contributed by atoms with van der Waals surface area (Å²) >= 11 is 0. The number of hydrogen-bond donors (Lipinski definition) is 1. The first-order chi connectivity index (χ1) is 10.8. The minimum atomic E-state index is -0.144. The maximum Gasteiger partial charge on any atom is 0.244 e. The highest BCUT2D eigenvalue weighted by Gasteiger charge is 2.01. The molecule has 1 amide bonds. The molecule has 0 spiro atoms. The average molecular weight is 296 g/mol. The quantitative estimate of drug-likeness (QED) is 0.798. The van der Waals surface area contributed by atoms with Crippen molar-refractivity contribution in [3.8, 4) is 5.75 Å². The van der Waals surface area contributed by atoms with Crippen LogP contribution in [0.2, 0.25) is 0 Å². The van der Waals surface area contributed by atoms with Crippen LogP contribution in [0.15, 0.2) is 54.9 Å². The number of carbonyl (C=O) groups excluding carboxylic acids is 1. The monoisotopic (exact) mass is 296 g/mol. The van der Waals surface area contributed by atoms with Crippen LogP contribution in [0.1, 0.15) is 24.5 Å². The number of aromatic nitrogens is 1. The zero-order valence-electron chi connectivity index (χ0n) is 12.7. The van der Waals surface area contributed by atoms with E-state index in [1.165, 1.54) is 6.08 Å². The smallest absolute Gasteiger partial charge is 0.244 e. The largest absolute Gasteiger partial charge is 0.493 e. The van der Waals surface area contributed by atoms with Crippen molar-refractivity contribution < 1.29 is 9.53 Å². The van der Waals surface area contributed by atoms with Gasteiger partial charge >= 0.3 is 0 Å². The van der Waals surface area contributed by atoms with Crippen LogP contribution in [-0.4, -0.2) is 17.5 Å². The summed E-state index contributed by atoms with van der Waals surface area (Å²) in [5, 5.41) is 2.83. The van der Waals surface area contributed by atoms with Gasteiger partial charge in [0.2, 0.25) is 5.91 Å². The Labute approximate surface area is 130 Å². The molecular formula is C18H20N2O2. The molecule has 0 aliphatic rings. The molecule has 1 aromatic carbocycles. The van der Waals surface area contributed by atoms with E-state index < -0.39 is 0 Å². The van der Waals surface area contributed by atoms with Crippen molar-refractivity contribution in [3.05, 3.63) is 66.0 Å². The van der Waals surface area contributed by atoms with Gasteiger partial charge in [0.25, 0.3) is 0 Å². The average Bonchev–Trinajstić information content (AvgIpc) is 2.58. The van der Waals surface area contributed by atoms with E-state index in [1.54, 1.807) is 18.5 Å². The summed E-state index contributed by atoms with van der Waals surface area (Å²) in [6.45, 7) is 3.19. The second-order valence-corrected chi connectivity index (χ2v) is 4.80. The first kappa shape index (κ1) is 15.8. The van der Waals surface area contributed by atoms with Crippen molar-refractivity contribution in [2.45, 2.75) is 19.9 Å². The van der Waals surface area contributed by atoms with E-state index in [0.29, 0.717) is 13.2 Å². The predicted molar refractivity (Wildman–Crippen MR) is 87.3 cm³/mol. The van der Waals surface area contributed by atoms with Crippen molar-refractivity contribution in [2.75, 3.05) is 6.61 Å². The minimum Gasteiger partial charge on any atom is -0.493 e. The molecule has 0 bridgehead atoms. The highest BCUT2D eigenvalue weighted by molar-refractivity contribution is 5.92. The number of ether oxygens (including phenoxy) is 1. The first-order valence-electron chi connectivity index (χ1n) is 7.36. The summed E-state index contributed by atoms with van der Waals surface area (Å²) in [6.07, 6.45) is 7.67. The highest BCUT2D eigenvalue weighted by Crippen LogP contribution is 2.19. The van der Waals surface area contributed by atoms with Crippen molar-refractivity contribution in [2.24, 2.45) is 0 Å². The lowest BCUT2D eigenvalue weighted by Gasteiger charge is -2.07. The Bertz CT molecular complexity index is 624. The Kier molecular flexibility index (Phi) is 6.18. The van der Waals surface area contributed by atoms with Gasteiger partial charge in [0.1, 0.15) is 5.75 Å². The third kappa shape index (κ3) is 5.05. The molecule has 1 aromatic heterocycles. The van der Waals surface area contributed by atoms with Gasteiger partial charge in [0.05, 0.1) is 6.61 Å². The molecule has 0 radical (unpaired) electrons. The summed E-state index contributed by atoms with van der Waals surface area (Å²) < 4.78 is 5.66. The van der Waals surface area contributed by atoms with Crippen molar-refractivity contribution in [1.82, 2.24) is 10.3 Å². The second-order valence-electron chi connectivity index (χ2n) is 4.80. The number of benzene rings is 1. The summed E-state index contributed by atoms with van der Waals surface area (Å²) in [4.78, 5) is 15.9. The molecule has 2 aromatic rings. The van der Waals surface area contributed by atoms with Crippen LogP contribution >= 0.6 is 0 Å². The molecule has 4 heteroatoms. The zero-order chi connectivity index (χ0) is 15.6. The number of para-hydroxylation sites is 1. The fourth-order valence-electron chi connectivity index (χ4n) is 1.88. The Morgan fingerprint density at radius 3 is 2.91 bits per heavy atom. The zero-order valence-corrected chi connectivity index (χ0v) is 12.7. The molecule has 0 fully saturated rings. The van der Waals surface area contributed by atoms with Crippen LogP contribution in [0.3, 0.4) is 0 Å². The van der Waals surface area contributed by atoms with E-state index in [-0.39, 0.29) is 5.91 Å². The molecule has 0 saturated carbocycles. The minimum absolute atomic E-state index is 0.144. The maximum atomic E-state index is 11.9. The normalized spacial score (nSPS) is 10.6. The molecule has 2 rings (SSSR count). The van der Waals surface area contributed by atoms with E-state index in [1.807, 2.05) is 36.4 Å². The van der Waals surface area contributed by atoms with E-state index in [4.69, 9.17) is 4.74 Å². The van der Waals surface area contributed by atoms with E-state index >= 15 is 0 Å². The number of amides is 1. The van der Waals surface area contributed by atoms with Gasteiger partial charge in [-0.3, -0.25) is 9.78 Å². The Morgan fingerprint density at radius 2 is 2.14 bits per heavy atom. The topological polar surface area (TPSA) is 51.2 Å². The maximum absolute atomic E-state index is 11.9. The van der Waals surface area contributed by atoms with Gasteiger partial charge < -0.3 is 10.1 Å². The number of nitrogens with one attached hydrogen (secondary N) is 1. The molecule has 0 unspecified atom stereocenters. The van der Waals surface area contributed by atoms with Crippen LogP contribution in [0, 0.1) is 0 Å². The van der Waals surface area contributed by atoms with Crippen molar-refractivity contribution >= 4 is 12.0 Å². The lowest BCUT2D eigenvalue weighted by molar-refractivity contribution is -0.116. The number of carbonyl (C=O) groups is 1. The molecule has 4 nitrogen and oxygen atoms in total. The number of rotatable bonds is 7. The molecule has 114 valence electrons. The number of pyridine rings is 1. The van der Waals surface area contributed by atoms with Gasteiger partial charge in [-0.25, -0.2) is 0 Å². The van der Waals surface area contributed by atoms with Crippen molar-refractivity contribution in [1.29, 1.82) is 0 Å². The summed E-state index contributed by atoms with van der Waals surface area (Å²) in [7, 11) is 0. The lowest BCUT2D eigenvalue weighted by Crippen LogP contribution is -2.20. The SMILES string of the molecule is CCCOc1ccccc1/C=C/C(=O)NCc1cccnc1. The van der Waals surface area contributed by atoms with Crippen molar-refractivity contribution in [3.63, 3.8) is 0 Å². The highest BCUT2D eigenvalue weighted by atomic mass is 16.5. The molecule has 1 N–H and O–H groups in total. The standard InChI is InChI=1S/C18H20N2O2/c1-2-12-22-17-8-4-3-7-16(17)9-10-18(21)20-14-15-6-5-11-19-13-15/h3-11,13H,2,12,14H2,1H3,(H,20,21)/b10-9+. The molecule has 0 atom stereocenters. The Hall–Kier alpha value is -2.62. The summed E-state index contributed by atoms with van der Waals surface area (Å²) in [5.74, 6) is 0.648. The third-order valence-corrected chi connectivity index (χ3v) is 2.98. The van der Waals surface area contributed by atoms with Crippen LogP contribution in [-0.2, 0) is 11.3 Å². The molecule has 0 saturated heterocycles. The molecule has 22 heavy (non-hydrogen) atoms. The first-order valence-corrected chi connectivity index (χ1v) is 7.36. The molecular weight excluding hydrogens is 276 g/mol. The molecule has 0 aliphatic heterocycles. The fraction of sp³-hybridized carbons (Fsp3) is 0.222. The fourth-order valence-corrected chi connectivity index (χ4v) is 1.88. The summed E-state index contributed by atoms with van der Waals surface area (Å²) in [6, 6.07) is 11.4.